The van der Waals surface area contributed by atoms with Crippen molar-refractivity contribution in [2.75, 3.05) is 19.0 Å². The predicted molar refractivity (Wildman–Crippen MR) is 149 cm³/mol. The van der Waals surface area contributed by atoms with Crippen LogP contribution in [0.4, 0.5) is 5.69 Å². The lowest BCUT2D eigenvalue weighted by Gasteiger charge is -2.17. The molecule has 9 heteroatoms. The zero-order valence-corrected chi connectivity index (χ0v) is 22.1. The number of halogens is 1. The summed E-state index contributed by atoms with van der Waals surface area (Å²) in [6.07, 6.45) is 3.38. The van der Waals surface area contributed by atoms with Crippen molar-refractivity contribution >= 4 is 35.3 Å². The fourth-order valence-corrected chi connectivity index (χ4v) is 3.69. The second-order valence-corrected chi connectivity index (χ2v) is 8.47. The maximum Gasteiger partial charge on any atom is 0.249 e. The van der Waals surface area contributed by atoms with Gasteiger partial charge in [0.1, 0.15) is 18.8 Å². The summed E-state index contributed by atoms with van der Waals surface area (Å²) < 4.78 is 17.0. The van der Waals surface area contributed by atoms with E-state index in [1.165, 1.54) is 6.21 Å². The quantitative estimate of drug-likeness (QED) is 0.130. The molecule has 0 spiro atoms. The van der Waals surface area contributed by atoms with Gasteiger partial charge >= 0.3 is 0 Å². The van der Waals surface area contributed by atoms with Gasteiger partial charge in [0.2, 0.25) is 11.8 Å². The first kappa shape index (κ1) is 28.3. The van der Waals surface area contributed by atoms with Crippen molar-refractivity contribution in [3.63, 3.8) is 0 Å². The molecular formula is C29H30ClN3O5. The van der Waals surface area contributed by atoms with Gasteiger partial charge in [0, 0.05) is 21.8 Å². The molecule has 0 bridgehead atoms. The number of nitrogens with zero attached hydrogens (tertiary/aromatic N) is 1. The summed E-state index contributed by atoms with van der Waals surface area (Å²) in [4.78, 5) is 24.4. The zero-order valence-electron chi connectivity index (χ0n) is 21.3. The summed E-state index contributed by atoms with van der Waals surface area (Å²) in [5.74, 6) is 0.769. The minimum atomic E-state index is -0.552. The van der Waals surface area contributed by atoms with E-state index in [2.05, 4.69) is 22.4 Å². The van der Waals surface area contributed by atoms with E-state index in [0.29, 0.717) is 46.5 Å². The number of ether oxygens (including phenoxy) is 3. The number of methoxy groups -OCH3 is 1. The van der Waals surface area contributed by atoms with E-state index < -0.39 is 11.8 Å². The number of carbonyl (C=O) groups excluding carboxylic acids is 2. The Kier molecular flexibility index (Phi) is 10.7. The smallest absolute Gasteiger partial charge is 0.249 e. The Hall–Kier alpha value is -4.30. The molecule has 0 aliphatic heterocycles. The third-order valence-corrected chi connectivity index (χ3v) is 5.61. The number of hydrogen-bond donors (Lipinski definition) is 2. The van der Waals surface area contributed by atoms with Crippen molar-refractivity contribution in [1.29, 1.82) is 0 Å². The Balaban J connectivity index is 1.66. The highest BCUT2D eigenvalue weighted by atomic mass is 35.5. The summed E-state index contributed by atoms with van der Waals surface area (Å²) >= 11 is 6.27. The van der Waals surface area contributed by atoms with Gasteiger partial charge in [-0.3, -0.25) is 9.59 Å². The van der Waals surface area contributed by atoms with Gasteiger partial charge in [-0.1, -0.05) is 35.9 Å². The Bertz CT molecular complexity index is 1290. The molecule has 3 rings (SSSR count). The molecule has 8 nitrogen and oxygen atoms in total. The Labute approximate surface area is 227 Å². The van der Waals surface area contributed by atoms with Gasteiger partial charge in [0.05, 0.1) is 19.9 Å². The van der Waals surface area contributed by atoms with Crippen LogP contribution in [0.15, 0.2) is 78.4 Å². The molecule has 0 heterocycles. The van der Waals surface area contributed by atoms with Crippen molar-refractivity contribution in [1.82, 2.24) is 5.43 Å². The fourth-order valence-electron chi connectivity index (χ4n) is 3.50. The van der Waals surface area contributed by atoms with E-state index in [1.807, 2.05) is 37.3 Å². The molecule has 0 aromatic heterocycles. The van der Waals surface area contributed by atoms with E-state index in [9.17, 15) is 9.59 Å². The molecule has 0 radical (unpaired) electrons. The van der Waals surface area contributed by atoms with E-state index in [4.69, 9.17) is 25.8 Å². The van der Waals surface area contributed by atoms with Gasteiger partial charge in [-0.05, 0) is 61.4 Å². The number of nitrogens with one attached hydrogen (secondary N) is 2. The van der Waals surface area contributed by atoms with Gasteiger partial charge in [0.25, 0.3) is 0 Å². The molecule has 2 N–H and O–H groups in total. The molecule has 0 saturated heterocycles. The number of hydrogen-bond acceptors (Lipinski definition) is 6. The monoisotopic (exact) mass is 535 g/mol. The van der Waals surface area contributed by atoms with Gasteiger partial charge in [-0.25, -0.2) is 5.43 Å². The molecule has 38 heavy (non-hydrogen) atoms. The van der Waals surface area contributed by atoms with Gasteiger partial charge in [-0.2, -0.15) is 5.10 Å². The summed E-state index contributed by atoms with van der Waals surface area (Å²) in [5, 5.41) is 7.27. The number of allylic oxidation sites excluding steroid dienone is 1. The van der Waals surface area contributed by atoms with E-state index in [-0.39, 0.29) is 13.0 Å². The zero-order chi connectivity index (χ0) is 27.3. The van der Waals surface area contributed by atoms with Crippen molar-refractivity contribution in [2.45, 2.75) is 26.4 Å². The largest absolute Gasteiger partial charge is 0.497 e. The van der Waals surface area contributed by atoms with E-state index in [0.717, 1.165) is 11.1 Å². The van der Waals surface area contributed by atoms with Gasteiger partial charge < -0.3 is 19.5 Å². The van der Waals surface area contributed by atoms with Crippen LogP contribution in [0.1, 0.15) is 30.0 Å². The summed E-state index contributed by atoms with van der Waals surface area (Å²) in [5.41, 5.74) is 5.31. The minimum Gasteiger partial charge on any atom is -0.497 e. The summed E-state index contributed by atoms with van der Waals surface area (Å²) in [6.45, 7) is 6.41. The Morgan fingerprint density at radius 2 is 1.79 bits per heavy atom. The first-order valence-electron chi connectivity index (χ1n) is 12.0. The molecular weight excluding hydrogens is 506 g/mol. The van der Waals surface area contributed by atoms with Crippen LogP contribution in [0.5, 0.6) is 17.2 Å². The first-order valence-corrected chi connectivity index (χ1v) is 12.3. The average molecular weight is 536 g/mol. The van der Waals surface area contributed by atoms with Crippen molar-refractivity contribution in [2.24, 2.45) is 5.10 Å². The summed E-state index contributed by atoms with van der Waals surface area (Å²) in [7, 11) is 1.56. The van der Waals surface area contributed by atoms with E-state index >= 15 is 0 Å². The van der Waals surface area contributed by atoms with Crippen molar-refractivity contribution in [3.05, 3.63) is 95.0 Å². The first-order chi connectivity index (χ1) is 18.4. The SMILES string of the molecule is C=CCc1cc(C=NNC(=O)CC(=O)Nc2ccc(OC)cc2)cc(OCC)c1OCc1ccccc1Cl. The van der Waals surface area contributed by atoms with Crippen LogP contribution in [-0.2, 0) is 22.6 Å². The second-order valence-electron chi connectivity index (χ2n) is 8.06. The standard InChI is InChI=1S/C29H30ClN3O5/c1-4-8-21-15-20(16-26(37-5-2)29(21)38-19-22-9-6-7-10-25(22)30)18-31-33-28(35)17-27(34)32-23-11-13-24(36-3)14-12-23/h4,6-7,9-16,18H,1,5,8,17,19H2,2-3H3,(H,32,34)(H,33,35). The average Bonchev–Trinajstić information content (AvgIpc) is 2.90. The summed E-state index contributed by atoms with van der Waals surface area (Å²) in [6, 6.07) is 17.9. The highest BCUT2D eigenvalue weighted by Crippen LogP contribution is 2.34. The third-order valence-electron chi connectivity index (χ3n) is 5.25. The number of carbonyl (C=O) groups is 2. The van der Waals surface area contributed by atoms with Crippen LogP contribution in [0.2, 0.25) is 5.02 Å². The molecule has 198 valence electrons. The Morgan fingerprint density at radius 3 is 2.47 bits per heavy atom. The third kappa shape index (κ3) is 8.38. The molecule has 0 fully saturated rings. The fraction of sp³-hybridized carbons (Fsp3) is 0.207. The molecule has 0 unspecified atom stereocenters. The molecule has 2 amide bonds. The maximum absolute atomic E-state index is 12.2. The number of amides is 2. The highest BCUT2D eigenvalue weighted by Gasteiger charge is 2.14. The van der Waals surface area contributed by atoms with Crippen LogP contribution >= 0.6 is 11.6 Å². The van der Waals surface area contributed by atoms with Crippen LogP contribution in [0, 0.1) is 0 Å². The minimum absolute atomic E-state index is 0.270. The predicted octanol–water partition coefficient (Wildman–Crippen LogP) is 5.53. The lowest BCUT2D eigenvalue weighted by atomic mass is 10.1. The second kappa shape index (κ2) is 14.4. The molecule has 0 saturated carbocycles. The lowest BCUT2D eigenvalue weighted by molar-refractivity contribution is -0.126. The molecule has 3 aromatic rings. The lowest BCUT2D eigenvalue weighted by Crippen LogP contribution is -2.24. The molecule has 0 aliphatic carbocycles. The maximum atomic E-state index is 12.2. The van der Waals surface area contributed by atoms with Crippen LogP contribution in [0.25, 0.3) is 0 Å². The van der Waals surface area contributed by atoms with Gasteiger partial charge in [-0.15, -0.1) is 6.58 Å². The normalized spacial score (nSPS) is 10.6. The van der Waals surface area contributed by atoms with Crippen LogP contribution in [-0.4, -0.2) is 31.7 Å². The molecule has 0 aliphatic rings. The highest BCUT2D eigenvalue weighted by molar-refractivity contribution is 6.31. The van der Waals surface area contributed by atoms with Crippen LogP contribution in [0.3, 0.4) is 0 Å². The number of hydrazone groups is 1. The number of benzene rings is 3. The van der Waals surface area contributed by atoms with Crippen LogP contribution < -0.4 is 25.0 Å². The van der Waals surface area contributed by atoms with E-state index in [1.54, 1.807) is 43.5 Å². The molecule has 3 aromatic carbocycles. The molecule has 0 atom stereocenters. The van der Waals surface area contributed by atoms with Crippen molar-refractivity contribution in [3.8, 4) is 17.2 Å². The number of rotatable bonds is 13. The topological polar surface area (TPSA) is 98.3 Å². The van der Waals surface area contributed by atoms with Gasteiger partial charge in [0.15, 0.2) is 11.5 Å². The number of anilines is 1. The van der Waals surface area contributed by atoms with Crippen molar-refractivity contribution < 1.29 is 23.8 Å². The Morgan fingerprint density at radius 1 is 1.03 bits per heavy atom.